The standard InChI is InChI=1S/C11H9NO.Na.H/c1-2-9-7-6-8-4-3-5-10(13)11(8)12-9;;/h2-7,13H,1H2;;/q;+1;-1. The molecule has 2 aromatic rings. The number of para-hydroxylation sites is 1. The molecule has 0 saturated carbocycles. The number of phenols is 1. The first-order valence-electron chi connectivity index (χ1n) is 4.02. The maximum Gasteiger partial charge on any atom is 1.00 e. The largest absolute Gasteiger partial charge is 1.00 e. The monoisotopic (exact) mass is 195 g/mol. The summed E-state index contributed by atoms with van der Waals surface area (Å²) >= 11 is 0. The molecular formula is C11H10NNaO. The van der Waals surface area contributed by atoms with Crippen LogP contribution in [0.3, 0.4) is 0 Å². The third kappa shape index (κ3) is 1.98. The van der Waals surface area contributed by atoms with E-state index in [-0.39, 0.29) is 36.7 Å². The van der Waals surface area contributed by atoms with E-state index < -0.39 is 0 Å². The summed E-state index contributed by atoms with van der Waals surface area (Å²) in [6.07, 6.45) is 1.66. The number of phenolic OH excluding ortho intramolecular Hbond substituents is 1. The number of hydrogen-bond acceptors (Lipinski definition) is 2. The third-order valence-electron chi connectivity index (χ3n) is 1.93. The minimum Gasteiger partial charge on any atom is -1.00 e. The van der Waals surface area contributed by atoms with Crippen molar-refractivity contribution in [2.24, 2.45) is 0 Å². The van der Waals surface area contributed by atoms with E-state index >= 15 is 0 Å². The summed E-state index contributed by atoms with van der Waals surface area (Å²) in [5, 5.41) is 10.4. The molecule has 0 aliphatic rings. The van der Waals surface area contributed by atoms with E-state index in [1.807, 2.05) is 18.2 Å². The van der Waals surface area contributed by atoms with Gasteiger partial charge in [-0.2, -0.15) is 0 Å². The maximum absolute atomic E-state index is 9.49. The minimum absolute atomic E-state index is 0. The zero-order valence-corrected chi connectivity index (χ0v) is 10.1. The molecule has 2 nitrogen and oxygen atoms in total. The normalized spacial score (nSPS) is 9.43. The van der Waals surface area contributed by atoms with Crippen LogP contribution in [0.15, 0.2) is 36.9 Å². The van der Waals surface area contributed by atoms with Crippen molar-refractivity contribution < 1.29 is 36.1 Å². The smallest absolute Gasteiger partial charge is 1.00 e. The number of pyridine rings is 1. The SMILES string of the molecule is C=Cc1ccc2cccc(O)c2n1.[H-].[Na+]. The number of aromatic nitrogens is 1. The minimum atomic E-state index is 0. The molecule has 0 unspecified atom stereocenters. The summed E-state index contributed by atoms with van der Waals surface area (Å²) in [5.41, 5.74) is 1.40. The van der Waals surface area contributed by atoms with E-state index in [0.29, 0.717) is 5.52 Å². The van der Waals surface area contributed by atoms with Crippen LogP contribution in [0.5, 0.6) is 5.75 Å². The first-order valence-corrected chi connectivity index (χ1v) is 4.02. The zero-order chi connectivity index (χ0) is 9.26. The average Bonchev–Trinajstić information content (AvgIpc) is 2.18. The number of nitrogens with zero attached hydrogens (tertiary/aromatic N) is 1. The number of fused-ring (bicyclic) bond motifs is 1. The van der Waals surface area contributed by atoms with Crippen LogP contribution in [-0.2, 0) is 0 Å². The number of hydrogen-bond donors (Lipinski definition) is 1. The Labute approximate surface area is 106 Å². The van der Waals surface area contributed by atoms with Gasteiger partial charge in [0.05, 0.1) is 5.69 Å². The van der Waals surface area contributed by atoms with Gasteiger partial charge < -0.3 is 6.53 Å². The Kier molecular flexibility index (Phi) is 3.69. The number of rotatable bonds is 1. The van der Waals surface area contributed by atoms with Crippen molar-refractivity contribution in [1.82, 2.24) is 4.98 Å². The molecule has 3 heteroatoms. The van der Waals surface area contributed by atoms with Crippen LogP contribution >= 0.6 is 0 Å². The van der Waals surface area contributed by atoms with Gasteiger partial charge in [-0.1, -0.05) is 24.8 Å². The van der Waals surface area contributed by atoms with Crippen molar-refractivity contribution in [3.8, 4) is 5.75 Å². The summed E-state index contributed by atoms with van der Waals surface area (Å²) in [5.74, 6) is 0.209. The first kappa shape index (κ1) is 11.2. The predicted octanol–water partition coefficient (Wildman–Crippen LogP) is -0.300. The quantitative estimate of drug-likeness (QED) is 0.634. The molecule has 0 bridgehead atoms. The molecule has 0 saturated heterocycles. The van der Waals surface area contributed by atoms with Crippen LogP contribution in [0.2, 0.25) is 0 Å². The van der Waals surface area contributed by atoms with E-state index in [1.54, 1.807) is 18.2 Å². The second-order valence-corrected chi connectivity index (χ2v) is 2.79. The summed E-state index contributed by atoms with van der Waals surface area (Å²) in [6.45, 7) is 3.62. The topological polar surface area (TPSA) is 33.1 Å². The summed E-state index contributed by atoms with van der Waals surface area (Å²) in [4.78, 5) is 4.23. The predicted molar refractivity (Wildman–Crippen MR) is 54.6 cm³/mol. The van der Waals surface area contributed by atoms with Crippen LogP contribution in [0.25, 0.3) is 17.0 Å². The molecule has 1 aromatic heterocycles. The zero-order valence-electron chi connectivity index (χ0n) is 9.07. The molecule has 2 rings (SSSR count). The van der Waals surface area contributed by atoms with Gasteiger partial charge in [0.1, 0.15) is 11.3 Å². The fraction of sp³-hybridized carbons (Fsp3) is 0. The third-order valence-corrected chi connectivity index (χ3v) is 1.93. The second-order valence-electron chi connectivity index (χ2n) is 2.79. The Morgan fingerprint density at radius 3 is 2.79 bits per heavy atom. The van der Waals surface area contributed by atoms with Gasteiger partial charge in [0.15, 0.2) is 0 Å². The summed E-state index contributed by atoms with van der Waals surface area (Å²) < 4.78 is 0. The molecule has 0 fully saturated rings. The van der Waals surface area contributed by atoms with Gasteiger partial charge in [-0.05, 0) is 18.2 Å². The molecule has 0 aliphatic heterocycles. The van der Waals surface area contributed by atoms with Crippen molar-refractivity contribution in [1.29, 1.82) is 0 Å². The first-order chi connectivity index (χ1) is 6.31. The molecule has 0 atom stereocenters. The molecule has 1 heterocycles. The maximum atomic E-state index is 9.49. The molecule has 1 aromatic carbocycles. The molecule has 0 spiro atoms. The van der Waals surface area contributed by atoms with Gasteiger partial charge in [0.2, 0.25) is 0 Å². The average molecular weight is 195 g/mol. The van der Waals surface area contributed by atoms with Crippen molar-refractivity contribution in [3.05, 3.63) is 42.6 Å². The van der Waals surface area contributed by atoms with Crippen molar-refractivity contribution in [2.45, 2.75) is 0 Å². The Bertz CT molecular complexity index is 473. The van der Waals surface area contributed by atoms with E-state index in [4.69, 9.17) is 0 Å². The Morgan fingerprint density at radius 2 is 2.07 bits per heavy atom. The Hall–Kier alpha value is -0.830. The molecule has 0 radical (unpaired) electrons. The van der Waals surface area contributed by atoms with Gasteiger partial charge in [0, 0.05) is 5.39 Å². The van der Waals surface area contributed by atoms with Crippen LogP contribution in [-0.4, -0.2) is 10.1 Å². The molecule has 1 N–H and O–H groups in total. The number of aromatic hydroxyl groups is 1. The molecule has 0 amide bonds. The van der Waals surface area contributed by atoms with Gasteiger partial charge in [-0.25, -0.2) is 4.98 Å². The van der Waals surface area contributed by atoms with Crippen LogP contribution < -0.4 is 29.6 Å². The molecule has 14 heavy (non-hydrogen) atoms. The van der Waals surface area contributed by atoms with Crippen LogP contribution in [0.4, 0.5) is 0 Å². The summed E-state index contributed by atoms with van der Waals surface area (Å²) in [6, 6.07) is 9.12. The van der Waals surface area contributed by atoms with E-state index in [2.05, 4.69) is 11.6 Å². The fourth-order valence-corrected chi connectivity index (χ4v) is 1.26. The van der Waals surface area contributed by atoms with E-state index in [9.17, 15) is 5.11 Å². The molecule has 0 aliphatic carbocycles. The van der Waals surface area contributed by atoms with Crippen LogP contribution in [0.1, 0.15) is 7.12 Å². The van der Waals surface area contributed by atoms with E-state index in [1.165, 1.54) is 0 Å². The Morgan fingerprint density at radius 1 is 1.29 bits per heavy atom. The van der Waals surface area contributed by atoms with E-state index in [0.717, 1.165) is 11.1 Å². The van der Waals surface area contributed by atoms with Crippen LogP contribution in [0, 0.1) is 0 Å². The van der Waals surface area contributed by atoms with Crippen molar-refractivity contribution in [3.63, 3.8) is 0 Å². The Balaban J connectivity index is 0.000000980. The van der Waals surface area contributed by atoms with Gasteiger partial charge >= 0.3 is 29.6 Å². The van der Waals surface area contributed by atoms with Crippen molar-refractivity contribution in [2.75, 3.05) is 0 Å². The second kappa shape index (κ2) is 4.60. The molecular weight excluding hydrogens is 185 g/mol. The fourth-order valence-electron chi connectivity index (χ4n) is 1.26. The summed E-state index contributed by atoms with van der Waals surface area (Å²) in [7, 11) is 0. The van der Waals surface area contributed by atoms with Gasteiger partial charge in [0.25, 0.3) is 0 Å². The van der Waals surface area contributed by atoms with Gasteiger partial charge in [-0.3, -0.25) is 0 Å². The van der Waals surface area contributed by atoms with Crippen molar-refractivity contribution >= 4 is 17.0 Å². The molecule has 66 valence electrons. The number of benzene rings is 1. The van der Waals surface area contributed by atoms with Gasteiger partial charge in [-0.15, -0.1) is 0 Å².